The summed E-state index contributed by atoms with van der Waals surface area (Å²) in [4.78, 5) is 6.01. The molecule has 0 radical (unpaired) electrons. The van der Waals surface area contributed by atoms with Gasteiger partial charge in [0.1, 0.15) is 5.82 Å². The number of fused-ring (bicyclic) bond motifs is 2. The van der Waals surface area contributed by atoms with E-state index in [1.165, 1.54) is 5.56 Å². The molecule has 0 aliphatic carbocycles. The van der Waals surface area contributed by atoms with Gasteiger partial charge in [0.15, 0.2) is 5.96 Å². The Bertz CT molecular complexity index is 546. The first-order valence-corrected chi connectivity index (χ1v) is 5.43. The average molecular weight is 224 g/mol. The van der Waals surface area contributed by atoms with E-state index in [0.29, 0.717) is 0 Å². The number of hydrogen-bond donors (Lipinski definition) is 2. The average Bonchev–Trinajstić information content (AvgIpc) is 2.35. The van der Waals surface area contributed by atoms with Crippen LogP contribution in [0.3, 0.4) is 0 Å². The standard InChI is InChI=1S/C13H12N4/c14-13(15)17-11-6-2-1-4-9(11)8-10-5-3-7-16-12(10)17/h1-7H,8H2,(H3,14,15). The maximum absolute atomic E-state index is 7.71. The fourth-order valence-electron chi connectivity index (χ4n) is 2.21. The molecule has 17 heavy (non-hydrogen) atoms. The van der Waals surface area contributed by atoms with Gasteiger partial charge in [-0.3, -0.25) is 10.3 Å². The molecule has 0 saturated carbocycles. The van der Waals surface area contributed by atoms with Gasteiger partial charge in [0.2, 0.25) is 0 Å². The zero-order chi connectivity index (χ0) is 11.8. The predicted octanol–water partition coefficient (Wildman–Crippen LogP) is 2.02. The van der Waals surface area contributed by atoms with E-state index < -0.39 is 0 Å². The van der Waals surface area contributed by atoms with Crippen LogP contribution in [-0.2, 0) is 6.42 Å². The number of benzene rings is 1. The molecule has 4 heteroatoms. The molecule has 0 amide bonds. The van der Waals surface area contributed by atoms with E-state index in [1.54, 1.807) is 11.1 Å². The summed E-state index contributed by atoms with van der Waals surface area (Å²) in [7, 11) is 0. The van der Waals surface area contributed by atoms with E-state index in [9.17, 15) is 0 Å². The minimum Gasteiger partial charge on any atom is -0.369 e. The summed E-state index contributed by atoms with van der Waals surface area (Å²) >= 11 is 0. The van der Waals surface area contributed by atoms with Crippen molar-refractivity contribution < 1.29 is 0 Å². The summed E-state index contributed by atoms with van der Waals surface area (Å²) in [5.74, 6) is 0.760. The van der Waals surface area contributed by atoms with Crippen molar-refractivity contribution in [1.29, 1.82) is 5.41 Å². The first-order valence-electron chi connectivity index (χ1n) is 5.43. The van der Waals surface area contributed by atoms with E-state index in [2.05, 4.69) is 11.1 Å². The van der Waals surface area contributed by atoms with Gasteiger partial charge in [0.25, 0.3) is 0 Å². The van der Waals surface area contributed by atoms with Crippen LogP contribution in [0.15, 0.2) is 42.6 Å². The van der Waals surface area contributed by atoms with Crippen LogP contribution in [0.2, 0.25) is 0 Å². The lowest BCUT2D eigenvalue weighted by Crippen LogP contribution is -2.36. The molecule has 2 heterocycles. The molecule has 0 spiro atoms. The van der Waals surface area contributed by atoms with Gasteiger partial charge in [-0.15, -0.1) is 0 Å². The number of hydrogen-bond acceptors (Lipinski definition) is 2. The Morgan fingerprint density at radius 1 is 1.18 bits per heavy atom. The van der Waals surface area contributed by atoms with Crippen LogP contribution in [0.5, 0.6) is 0 Å². The smallest absolute Gasteiger partial charge is 0.198 e. The Morgan fingerprint density at radius 3 is 2.76 bits per heavy atom. The third-order valence-corrected chi connectivity index (χ3v) is 2.93. The molecule has 1 aromatic heterocycles. The number of guanidine groups is 1. The summed E-state index contributed by atoms with van der Waals surface area (Å²) in [6, 6.07) is 11.9. The maximum Gasteiger partial charge on any atom is 0.198 e. The molecule has 4 nitrogen and oxygen atoms in total. The SMILES string of the molecule is N=C(N)N1c2ccccc2Cc2cccnc21. The fraction of sp³-hybridized carbons (Fsp3) is 0.0769. The molecule has 1 aliphatic heterocycles. The topological polar surface area (TPSA) is 66.0 Å². The largest absolute Gasteiger partial charge is 0.369 e. The van der Waals surface area contributed by atoms with Crippen molar-refractivity contribution in [3.8, 4) is 0 Å². The summed E-state index contributed by atoms with van der Waals surface area (Å²) in [6.07, 6.45) is 2.56. The molecule has 2 aromatic rings. The van der Waals surface area contributed by atoms with Crippen molar-refractivity contribution in [3.63, 3.8) is 0 Å². The van der Waals surface area contributed by atoms with Gasteiger partial charge in [0, 0.05) is 12.6 Å². The molecule has 1 aliphatic rings. The highest BCUT2D eigenvalue weighted by atomic mass is 15.3. The number of anilines is 2. The Balaban J connectivity index is 2.24. The van der Waals surface area contributed by atoms with E-state index in [0.717, 1.165) is 23.5 Å². The number of rotatable bonds is 0. The minimum atomic E-state index is -0.00269. The van der Waals surface area contributed by atoms with Crippen molar-refractivity contribution in [3.05, 3.63) is 53.7 Å². The number of nitrogens with zero attached hydrogens (tertiary/aromatic N) is 2. The molecule has 3 rings (SSSR count). The van der Waals surface area contributed by atoms with Crippen LogP contribution in [0.1, 0.15) is 11.1 Å². The number of nitrogens with two attached hydrogens (primary N) is 1. The van der Waals surface area contributed by atoms with Crippen LogP contribution in [0.4, 0.5) is 11.5 Å². The third-order valence-electron chi connectivity index (χ3n) is 2.93. The molecule has 84 valence electrons. The van der Waals surface area contributed by atoms with Gasteiger partial charge in [-0.05, 0) is 23.3 Å². The Hall–Kier alpha value is -2.36. The fourth-order valence-corrected chi connectivity index (χ4v) is 2.21. The van der Waals surface area contributed by atoms with Crippen LogP contribution in [-0.4, -0.2) is 10.9 Å². The van der Waals surface area contributed by atoms with Crippen LogP contribution < -0.4 is 10.6 Å². The van der Waals surface area contributed by atoms with Gasteiger partial charge in [-0.2, -0.15) is 0 Å². The van der Waals surface area contributed by atoms with E-state index in [-0.39, 0.29) is 5.96 Å². The highest BCUT2D eigenvalue weighted by Crippen LogP contribution is 2.36. The summed E-state index contributed by atoms with van der Waals surface area (Å²) in [5.41, 5.74) is 8.88. The maximum atomic E-state index is 7.71. The van der Waals surface area contributed by atoms with E-state index >= 15 is 0 Å². The van der Waals surface area contributed by atoms with Gasteiger partial charge in [-0.1, -0.05) is 24.3 Å². The monoisotopic (exact) mass is 224 g/mol. The molecule has 0 bridgehead atoms. The number of aromatic nitrogens is 1. The first-order chi connectivity index (χ1) is 8.27. The number of nitrogens with one attached hydrogen (secondary N) is 1. The summed E-state index contributed by atoms with van der Waals surface area (Å²) in [6.45, 7) is 0. The molecular formula is C13H12N4. The highest BCUT2D eigenvalue weighted by molar-refractivity contribution is 6.01. The van der Waals surface area contributed by atoms with E-state index in [1.807, 2.05) is 30.3 Å². The Labute approximate surface area is 99.2 Å². The highest BCUT2D eigenvalue weighted by Gasteiger charge is 2.24. The number of pyridine rings is 1. The van der Waals surface area contributed by atoms with E-state index in [4.69, 9.17) is 11.1 Å². The lowest BCUT2D eigenvalue weighted by Gasteiger charge is -2.30. The van der Waals surface area contributed by atoms with Crippen molar-refractivity contribution in [2.75, 3.05) is 4.90 Å². The molecule has 0 unspecified atom stereocenters. The van der Waals surface area contributed by atoms with Crippen LogP contribution in [0, 0.1) is 5.41 Å². The second-order valence-electron chi connectivity index (χ2n) is 4.01. The van der Waals surface area contributed by atoms with Crippen molar-refractivity contribution in [1.82, 2.24) is 4.98 Å². The summed E-state index contributed by atoms with van der Waals surface area (Å²) in [5, 5.41) is 7.71. The first kappa shape index (κ1) is 9.84. The Kier molecular flexibility index (Phi) is 2.08. The van der Waals surface area contributed by atoms with Crippen LogP contribution in [0.25, 0.3) is 0 Å². The lowest BCUT2D eigenvalue weighted by atomic mass is 9.98. The van der Waals surface area contributed by atoms with Gasteiger partial charge in [-0.25, -0.2) is 4.98 Å². The minimum absolute atomic E-state index is 0.00269. The normalized spacial score (nSPS) is 12.8. The number of para-hydroxylation sites is 1. The quantitative estimate of drug-likeness (QED) is 0.531. The molecule has 0 fully saturated rings. The van der Waals surface area contributed by atoms with Crippen molar-refractivity contribution in [2.45, 2.75) is 6.42 Å². The molecular weight excluding hydrogens is 212 g/mol. The molecule has 1 aromatic carbocycles. The van der Waals surface area contributed by atoms with Crippen molar-refractivity contribution in [2.24, 2.45) is 5.73 Å². The lowest BCUT2D eigenvalue weighted by molar-refractivity contribution is 1.04. The van der Waals surface area contributed by atoms with Crippen molar-refractivity contribution >= 4 is 17.5 Å². The summed E-state index contributed by atoms with van der Waals surface area (Å²) < 4.78 is 0. The third kappa shape index (κ3) is 1.45. The molecule has 3 N–H and O–H groups in total. The predicted molar refractivity (Wildman–Crippen MR) is 67.5 cm³/mol. The Morgan fingerprint density at radius 2 is 1.94 bits per heavy atom. The molecule has 0 atom stereocenters. The van der Waals surface area contributed by atoms with Crippen LogP contribution >= 0.6 is 0 Å². The molecule has 0 saturated heterocycles. The zero-order valence-electron chi connectivity index (χ0n) is 9.22. The second-order valence-corrected chi connectivity index (χ2v) is 4.01. The zero-order valence-corrected chi connectivity index (χ0v) is 9.22. The second kappa shape index (κ2) is 3.59. The van der Waals surface area contributed by atoms with Gasteiger partial charge in [0.05, 0.1) is 5.69 Å². The van der Waals surface area contributed by atoms with Gasteiger partial charge < -0.3 is 5.73 Å². The van der Waals surface area contributed by atoms with Gasteiger partial charge >= 0.3 is 0 Å².